The summed E-state index contributed by atoms with van der Waals surface area (Å²) in [6, 6.07) is 0. The molecule has 0 heterocycles. The van der Waals surface area contributed by atoms with Crippen molar-refractivity contribution < 1.29 is 47.9 Å². The van der Waals surface area contributed by atoms with Crippen molar-refractivity contribution in [1.29, 1.82) is 0 Å². The van der Waals surface area contributed by atoms with Crippen molar-refractivity contribution in [2.45, 2.75) is 198 Å². The average molecular weight is 744 g/mol. The van der Waals surface area contributed by atoms with Gasteiger partial charge in [0.2, 0.25) is 0 Å². The second-order valence-corrected chi connectivity index (χ2v) is 13.0. The molecule has 5 nitrogen and oxygen atoms in total. The van der Waals surface area contributed by atoms with Gasteiger partial charge < -0.3 is 25.5 Å². The van der Waals surface area contributed by atoms with Gasteiger partial charge in [0.15, 0.2) is 0 Å². The van der Waals surface area contributed by atoms with E-state index in [2.05, 4.69) is 69.2 Å². The molecule has 1 radical (unpaired) electrons. The molecule has 0 fully saturated rings. The third-order valence-electron chi connectivity index (χ3n) is 9.01. The van der Waals surface area contributed by atoms with E-state index in [0.717, 1.165) is 32.1 Å². The summed E-state index contributed by atoms with van der Waals surface area (Å²) in [7, 11) is 0. The second kappa shape index (κ2) is 55.0. The predicted octanol–water partition coefficient (Wildman–Crippen LogP) is 11.0. The summed E-state index contributed by atoms with van der Waals surface area (Å²) < 4.78 is 0. The number of aliphatic hydroxyl groups is 5. The number of unbranched alkanes of at least 4 members (excludes halogenated alkanes) is 5. The number of aliphatic hydroxyl groups excluding tert-OH is 5. The molecule has 0 aliphatic carbocycles. The van der Waals surface area contributed by atoms with Gasteiger partial charge in [0.05, 0.1) is 0 Å². The van der Waals surface area contributed by atoms with Crippen LogP contribution >= 0.6 is 0 Å². The van der Waals surface area contributed by atoms with Crippen LogP contribution in [0.2, 0.25) is 0 Å². The Hall–Kier alpha value is 0.540. The summed E-state index contributed by atoms with van der Waals surface area (Å²) in [6.07, 6.45) is 24.1. The number of hydrogen-bond acceptors (Lipinski definition) is 5. The fourth-order valence-corrected chi connectivity index (χ4v) is 4.59. The molecule has 0 spiro atoms. The van der Waals surface area contributed by atoms with Crippen LogP contribution < -0.4 is 0 Å². The molecule has 0 amide bonds. The van der Waals surface area contributed by atoms with E-state index in [1.807, 2.05) is 0 Å². The molecular weight excluding hydrogens is 653 g/mol. The van der Waals surface area contributed by atoms with Gasteiger partial charge >= 0.3 is 0 Å². The van der Waals surface area contributed by atoms with Crippen molar-refractivity contribution in [2.24, 2.45) is 29.6 Å². The van der Waals surface area contributed by atoms with Gasteiger partial charge in [-0.2, -0.15) is 0 Å². The first-order valence-electron chi connectivity index (χ1n) is 19.8. The SMILES string of the molecule is CCCCC(CC)CO.CCCCC(CC)CO.CCCCC(CC)CO.CCCCC(CC)CO.CCCCC(CC)CO.[Nb]. The maximum atomic E-state index is 8.75. The first kappa shape index (κ1) is 58.7. The van der Waals surface area contributed by atoms with Crippen LogP contribution in [0.1, 0.15) is 198 Å². The maximum absolute atomic E-state index is 8.75. The third-order valence-corrected chi connectivity index (χ3v) is 9.01. The van der Waals surface area contributed by atoms with E-state index in [9.17, 15) is 0 Å². The normalized spacial score (nSPS) is 13.4. The summed E-state index contributed by atoms with van der Waals surface area (Å²) in [5.41, 5.74) is 0. The van der Waals surface area contributed by atoms with Gasteiger partial charge in [0, 0.05) is 55.4 Å². The minimum absolute atomic E-state index is 0. The van der Waals surface area contributed by atoms with Crippen molar-refractivity contribution in [1.82, 2.24) is 0 Å². The van der Waals surface area contributed by atoms with Gasteiger partial charge in [0.25, 0.3) is 0 Å². The van der Waals surface area contributed by atoms with Crippen LogP contribution in [0.5, 0.6) is 0 Å². The van der Waals surface area contributed by atoms with Crippen LogP contribution in [0.3, 0.4) is 0 Å². The molecular formula is C40H90NbO5. The Balaban J connectivity index is -0.000000108. The molecule has 6 heteroatoms. The molecule has 0 aliphatic rings. The molecule has 0 bridgehead atoms. The Bertz CT molecular complexity index is 342. The van der Waals surface area contributed by atoms with Crippen molar-refractivity contribution in [2.75, 3.05) is 33.0 Å². The van der Waals surface area contributed by atoms with Crippen molar-refractivity contribution >= 4 is 0 Å². The summed E-state index contributed by atoms with van der Waals surface area (Å²) in [5.74, 6) is 2.80. The van der Waals surface area contributed by atoms with Crippen LogP contribution in [-0.4, -0.2) is 58.6 Å². The Morgan fingerprint density at radius 1 is 0.283 bits per heavy atom. The topological polar surface area (TPSA) is 101 Å². The van der Waals surface area contributed by atoms with Crippen LogP contribution in [0, 0.1) is 29.6 Å². The van der Waals surface area contributed by atoms with Gasteiger partial charge in [0.1, 0.15) is 0 Å². The molecule has 5 unspecified atom stereocenters. The van der Waals surface area contributed by atoms with Gasteiger partial charge in [-0.15, -0.1) is 0 Å². The van der Waals surface area contributed by atoms with Crippen LogP contribution in [-0.2, 0) is 22.4 Å². The molecule has 0 aromatic carbocycles. The minimum Gasteiger partial charge on any atom is -0.396 e. The molecule has 0 aromatic rings. The van der Waals surface area contributed by atoms with Crippen LogP contribution in [0.4, 0.5) is 0 Å². The maximum Gasteiger partial charge on any atom is 0.0459 e. The quantitative estimate of drug-likeness (QED) is 0.0600. The van der Waals surface area contributed by atoms with Gasteiger partial charge in [-0.3, -0.25) is 0 Å². The molecule has 46 heavy (non-hydrogen) atoms. The predicted molar refractivity (Wildman–Crippen MR) is 202 cm³/mol. The summed E-state index contributed by atoms with van der Waals surface area (Å²) in [4.78, 5) is 0. The van der Waals surface area contributed by atoms with Crippen molar-refractivity contribution in [3.63, 3.8) is 0 Å². The molecule has 5 N–H and O–H groups in total. The van der Waals surface area contributed by atoms with E-state index >= 15 is 0 Å². The van der Waals surface area contributed by atoms with E-state index in [1.165, 1.54) is 96.3 Å². The standard InChI is InChI=1S/5C8H18O.Nb/c5*1-3-5-6-8(4-2)7-9;/h5*8-9H,3-7H2,1-2H3;. The summed E-state index contributed by atoms with van der Waals surface area (Å²) >= 11 is 0. The Kier molecular flexibility index (Phi) is 70.2. The summed E-state index contributed by atoms with van der Waals surface area (Å²) in [6.45, 7) is 23.5. The fourth-order valence-electron chi connectivity index (χ4n) is 4.59. The zero-order valence-corrected chi connectivity index (χ0v) is 35.4. The molecule has 5 atom stereocenters. The largest absolute Gasteiger partial charge is 0.396 e. The summed E-state index contributed by atoms with van der Waals surface area (Å²) in [5, 5.41) is 43.8. The van der Waals surface area contributed by atoms with Gasteiger partial charge in [-0.25, -0.2) is 0 Å². The van der Waals surface area contributed by atoms with Crippen molar-refractivity contribution in [3.8, 4) is 0 Å². The van der Waals surface area contributed by atoms with E-state index in [0.29, 0.717) is 62.6 Å². The zero-order chi connectivity index (χ0) is 35.6. The van der Waals surface area contributed by atoms with Crippen LogP contribution in [0.15, 0.2) is 0 Å². The van der Waals surface area contributed by atoms with E-state index < -0.39 is 0 Å². The average Bonchev–Trinajstić information content (AvgIpc) is 3.08. The van der Waals surface area contributed by atoms with Gasteiger partial charge in [-0.05, 0) is 61.7 Å². The Morgan fingerprint density at radius 2 is 0.413 bits per heavy atom. The molecule has 0 aromatic heterocycles. The molecule has 0 saturated heterocycles. The number of hydrogen-bond donors (Lipinski definition) is 5. The first-order chi connectivity index (χ1) is 21.7. The van der Waals surface area contributed by atoms with Crippen LogP contribution in [0.25, 0.3) is 0 Å². The number of rotatable bonds is 25. The second-order valence-electron chi connectivity index (χ2n) is 13.0. The monoisotopic (exact) mass is 744 g/mol. The Labute approximate surface area is 307 Å². The molecule has 0 rings (SSSR count). The third kappa shape index (κ3) is 51.4. The zero-order valence-electron chi connectivity index (χ0n) is 33.2. The molecule has 285 valence electrons. The van der Waals surface area contributed by atoms with Crippen molar-refractivity contribution in [3.05, 3.63) is 0 Å². The Morgan fingerprint density at radius 3 is 0.478 bits per heavy atom. The first-order valence-corrected chi connectivity index (χ1v) is 19.8. The molecule has 0 aliphatic heterocycles. The van der Waals surface area contributed by atoms with Gasteiger partial charge in [-0.1, -0.05) is 166 Å². The van der Waals surface area contributed by atoms with E-state index in [4.69, 9.17) is 25.5 Å². The smallest absolute Gasteiger partial charge is 0.0459 e. The molecule has 0 saturated carbocycles. The minimum atomic E-state index is 0. The van der Waals surface area contributed by atoms with E-state index in [-0.39, 0.29) is 22.4 Å². The van der Waals surface area contributed by atoms with E-state index in [1.54, 1.807) is 0 Å². The fraction of sp³-hybridized carbons (Fsp3) is 1.00.